The molecule has 0 bridgehead atoms. The molecule has 0 saturated carbocycles. The molecule has 7 heteroatoms. The summed E-state index contributed by atoms with van der Waals surface area (Å²) in [5.74, 6) is -0.932. The molecule has 24 heavy (non-hydrogen) atoms. The minimum Gasteiger partial charge on any atom is -0.444 e. The van der Waals surface area contributed by atoms with Crippen molar-refractivity contribution >= 4 is 5.91 Å². The van der Waals surface area contributed by atoms with E-state index < -0.39 is 11.7 Å². The number of pyridine rings is 1. The summed E-state index contributed by atoms with van der Waals surface area (Å²) < 4.78 is 31.3. The van der Waals surface area contributed by atoms with Crippen molar-refractivity contribution in [3.63, 3.8) is 0 Å². The third kappa shape index (κ3) is 3.81. The number of halogens is 2. The van der Waals surface area contributed by atoms with E-state index in [1.165, 1.54) is 24.6 Å². The average Bonchev–Trinajstić information content (AvgIpc) is 3.04. The number of hydrogen-bond acceptors (Lipinski definition) is 4. The maximum atomic E-state index is 13.0. The van der Waals surface area contributed by atoms with Gasteiger partial charge in [-0.3, -0.25) is 9.78 Å². The van der Waals surface area contributed by atoms with Gasteiger partial charge in [-0.25, -0.2) is 13.8 Å². The molecule has 1 N–H and O–H groups in total. The Morgan fingerprint density at radius 3 is 2.67 bits per heavy atom. The Balaban J connectivity index is 1.56. The van der Waals surface area contributed by atoms with Crippen LogP contribution in [0.1, 0.15) is 16.1 Å². The number of benzene rings is 1. The number of aromatic nitrogens is 2. The van der Waals surface area contributed by atoms with Crippen molar-refractivity contribution in [1.82, 2.24) is 15.3 Å². The smallest absolute Gasteiger partial charge is 0.252 e. The number of rotatable bonds is 5. The number of carbonyl (C=O) groups is 1. The van der Waals surface area contributed by atoms with E-state index in [2.05, 4.69) is 15.3 Å². The fourth-order valence-electron chi connectivity index (χ4n) is 2.09. The van der Waals surface area contributed by atoms with Gasteiger partial charge in [0.2, 0.25) is 5.89 Å². The van der Waals surface area contributed by atoms with Crippen LogP contribution in [0.15, 0.2) is 53.4 Å². The standard InChI is InChI=1S/C17H13F2N3O2/c18-13-3-1-11(2-4-13)17-22-15(10-24-17)5-6-21-16(23)12-7-14(19)9-20-8-12/h1-4,7-10H,5-6H2,(H,21,23). The lowest BCUT2D eigenvalue weighted by Gasteiger charge is -2.03. The largest absolute Gasteiger partial charge is 0.444 e. The Hall–Kier alpha value is -3.09. The summed E-state index contributed by atoms with van der Waals surface area (Å²) in [6.07, 6.45) is 4.25. The van der Waals surface area contributed by atoms with Crippen LogP contribution in [0.3, 0.4) is 0 Å². The fourth-order valence-corrected chi connectivity index (χ4v) is 2.09. The fraction of sp³-hybridized carbons (Fsp3) is 0.118. The second-order valence-corrected chi connectivity index (χ2v) is 5.05. The molecule has 0 aliphatic heterocycles. The third-order valence-corrected chi connectivity index (χ3v) is 3.28. The highest BCUT2D eigenvalue weighted by Gasteiger charge is 2.09. The van der Waals surface area contributed by atoms with Crippen molar-refractivity contribution in [2.45, 2.75) is 6.42 Å². The van der Waals surface area contributed by atoms with E-state index >= 15 is 0 Å². The molecule has 1 aromatic carbocycles. The van der Waals surface area contributed by atoms with Crippen LogP contribution in [0, 0.1) is 11.6 Å². The summed E-state index contributed by atoms with van der Waals surface area (Å²) in [6.45, 7) is 0.310. The lowest BCUT2D eigenvalue weighted by molar-refractivity contribution is 0.0953. The summed E-state index contributed by atoms with van der Waals surface area (Å²) in [4.78, 5) is 19.8. The van der Waals surface area contributed by atoms with Gasteiger partial charge in [0.1, 0.15) is 17.9 Å². The van der Waals surface area contributed by atoms with E-state index in [1.807, 2.05) is 0 Å². The van der Waals surface area contributed by atoms with E-state index in [1.54, 1.807) is 12.1 Å². The Labute approximate surface area is 136 Å². The van der Waals surface area contributed by atoms with E-state index in [9.17, 15) is 13.6 Å². The Morgan fingerprint density at radius 1 is 1.12 bits per heavy atom. The third-order valence-electron chi connectivity index (χ3n) is 3.28. The molecular weight excluding hydrogens is 316 g/mol. The number of nitrogens with zero attached hydrogens (tertiary/aromatic N) is 2. The van der Waals surface area contributed by atoms with E-state index in [0.29, 0.717) is 30.1 Å². The van der Waals surface area contributed by atoms with Gasteiger partial charge >= 0.3 is 0 Å². The molecular formula is C17H13F2N3O2. The van der Waals surface area contributed by atoms with Gasteiger partial charge in [-0.1, -0.05) is 0 Å². The van der Waals surface area contributed by atoms with Gasteiger partial charge < -0.3 is 9.73 Å². The van der Waals surface area contributed by atoms with Crippen molar-refractivity contribution in [1.29, 1.82) is 0 Å². The van der Waals surface area contributed by atoms with Gasteiger partial charge in [-0.05, 0) is 30.3 Å². The summed E-state index contributed by atoms with van der Waals surface area (Å²) in [5, 5.41) is 2.65. The van der Waals surface area contributed by atoms with Crippen LogP contribution in [-0.2, 0) is 6.42 Å². The quantitative estimate of drug-likeness (QED) is 0.781. The first-order valence-electron chi connectivity index (χ1n) is 7.21. The molecule has 0 unspecified atom stereocenters. The molecule has 2 aromatic heterocycles. The number of nitrogens with one attached hydrogen (secondary N) is 1. The highest BCUT2D eigenvalue weighted by molar-refractivity contribution is 5.93. The predicted molar refractivity (Wildman–Crippen MR) is 82.1 cm³/mol. The maximum absolute atomic E-state index is 13.0. The van der Waals surface area contributed by atoms with E-state index in [0.717, 1.165) is 12.3 Å². The molecule has 0 radical (unpaired) electrons. The van der Waals surface area contributed by atoms with Gasteiger partial charge in [0.05, 0.1) is 17.5 Å². The molecule has 3 rings (SSSR count). The number of amides is 1. The first kappa shape index (κ1) is 15.8. The Kier molecular flexibility index (Phi) is 4.60. The van der Waals surface area contributed by atoms with Crippen LogP contribution in [-0.4, -0.2) is 22.4 Å². The molecule has 0 fully saturated rings. The molecule has 1 amide bonds. The minimum atomic E-state index is -0.567. The van der Waals surface area contributed by atoms with Crippen molar-refractivity contribution in [2.24, 2.45) is 0 Å². The first-order chi connectivity index (χ1) is 11.6. The second kappa shape index (κ2) is 6.99. The summed E-state index contributed by atoms with van der Waals surface area (Å²) in [6, 6.07) is 6.91. The summed E-state index contributed by atoms with van der Waals surface area (Å²) in [7, 11) is 0. The van der Waals surface area contributed by atoms with E-state index in [4.69, 9.17) is 4.42 Å². The van der Waals surface area contributed by atoms with Gasteiger partial charge in [0, 0.05) is 24.7 Å². The van der Waals surface area contributed by atoms with Gasteiger partial charge in [-0.2, -0.15) is 0 Å². The van der Waals surface area contributed by atoms with Crippen LogP contribution in [0.5, 0.6) is 0 Å². The number of carbonyl (C=O) groups excluding carboxylic acids is 1. The van der Waals surface area contributed by atoms with E-state index in [-0.39, 0.29) is 11.4 Å². The van der Waals surface area contributed by atoms with Crippen LogP contribution in [0.4, 0.5) is 8.78 Å². The van der Waals surface area contributed by atoms with Crippen molar-refractivity contribution in [3.05, 3.63) is 71.9 Å². The highest BCUT2D eigenvalue weighted by atomic mass is 19.1. The first-order valence-corrected chi connectivity index (χ1v) is 7.21. The van der Waals surface area contributed by atoms with Gasteiger partial charge in [0.25, 0.3) is 5.91 Å². The molecule has 0 spiro atoms. The van der Waals surface area contributed by atoms with Crippen molar-refractivity contribution < 1.29 is 18.0 Å². The summed E-state index contributed by atoms with van der Waals surface area (Å²) in [5.41, 5.74) is 1.46. The summed E-state index contributed by atoms with van der Waals surface area (Å²) >= 11 is 0. The van der Waals surface area contributed by atoms with Crippen LogP contribution < -0.4 is 5.32 Å². The zero-order valence-electron chi connectivity index (χ0n) is 12.5. The molecule has 0 aliphatic rings. The Morgan fingerprint density at radius 2 is 1.92 bits per heavy atom. The number of oxazole rings is 1. The monoisotopic (exact) mass is 329 g/mol. The number of hydrogen-bond donors (Lipinski definition) is 1. The molecule has 0 atom stereocenters. The van der Waals surface area contributed by atoms with Crippen LogP contribution in [0.2, 0.25) is 0 Å². The lowest BCUT2D eigenvalue weighted by Crippen LogP contribution is -2.26. The van der Waals surface area contributed by atoms with Gasteiger partial charge in [0.15, 0.2) is 0 Å². The average molecular weight is 329 g/mol. The SMILES string of the molecule is O=C(NCCc1coc(-c2ccc(F)cc2)n1)c1cncc(F)c1. The Bertz CT molecular complexity index is 847. The van der Waals surface area contributed by atoms with Crippen molar-refractivity contribution in [3.8, 4) is 11.5 Å². The molecule has 5 nitrogen and oxygen atoms in total. The minimum absolute atomic E-state index is 0.155. The highest BCUT2D eigenvalue weighted by Crippen LogP contribution is 2.19. The molecule has 0 saturated heterocycles. The maximum Gasteiger partial charge on any atom is 0.252 e. The zero-order chi connectivity index (χ0) is 16.9. The van der Waals surface area contributed by atoms with Gasteiger partial charge in [-0.15, -0.1) is 0 Å². The molecule has 3 aromatic rings. The topological polar surface area (TPSA) is 68.0 Å². The van der Waals surface area contributed by atoms with Crippen molar-refractivity contribution in [2.75, 3.05) is 6.54 Å². The lowest BCUT2D eigenvalue weighted by atomic mass is 10.2. The zero-order valence-corrected chi connectivity index (χ0v) is 12.5. The van der Waals surface area contributed by atoms with Crippen LogP contribution >= 0.6 is 0 Å². The molecule has 0 aliphatic carbocycles. The normalized spacial score (nSPS) is 10.6. The second-order valence-electron chi connectivity index (χ2n) is 5.05. The molecule has 122 valence electrons. The van der Waals surface area contributed by atoms with Crippen LogP contribution in [0.25, 0.3) is 11.5 Å². The predicted octanol–water partition coefficient (Wildman–Crippen LogP) is 2.99. The molecule has 2 heterocycles.